The van der Waals surface area contributed by atoms with Crippen LogP contribution in [0.1, 0.15) is 18.4 Å². The highest BCUT2D eigenvalue weighted by atomic mass is 16.4. The minimum absolute atomic E-state index is 0.150. The largest absolute Gasteiger partial charge is 0.465 e. The van der Waals surface area contributed by atoms with Gasteiger partial charge in [0, 0.05) is 12.2 Å². The second-order valence-corrected chi connectivity index (χ2v) is 4.54. The van der Waals surface area contributed by atoms with Crippen molar-refractivity contribution in [2.75, 3.05) is 11.4 Å². The molecule has 0 fully saturated rings. The van der Waals surface area contributed by atoms with Crippen molar-refractivity contribution in [2.45, 2.75) is 12.8 Å². The van der Waals surface area contributed by atoms with E-state index in [-0.39, 0.29) is 5.92 Å². The van der Waals surface area contributed by atoms with Crippen LogP contribution in [0, 0.1) is 0 Å². The number of hydrogen-bond donors (Lipinski definition) is 1. The number of para-hydroxylation sites is 1. The Morgan fingerprint density at radius 2 is 1.58 bits per heavy atom. The van der Waals surface area contributed by atoms with Gasteiger partial charge in [-0.1, -0.05) is 55.5 Å². The van der Waals surface area contributed by atoms with Gasteiger partial charge < -0.3 is 5.11 Å². The van der Waals surface area contributed by atoms with E-state index in [0.29, 0.717) is 12.2 Å². The lowest BCUT2D eigenvalue weighted by molar-refractivity contribution is 0.201. The molecule has 0 bridgehead atoms. The Morgan fingerprint density at radius 3 is 2.11 bits per heavy atom. The maximum absolute atomic E-state index is 11.4. The van der Waals surface area contributed by atoms with Gasteiger partial charge in [0.05, 0.1) is 0 Å². The summed E-state index contributed by atoms with van der Waals surface area (Å²) >= 11 is 0. The normalized spacial score (nSPS) is 11.8. The summed E-state index contributed by atoms with van der Waals surface area (Å²) in [4.78, 5) is 12.8. The molecule has 0 aliphatic carbocycles. The molecule has 0 saturated heterocycles. The number of nitrogens with zero attached hydrogens (tertiary/aromatic N) is 1. The van der Waals surface area contributed by atoms with Crippen LogP contribution >= 0.6 is 0 Å². The number of rotatable bonds is 4. The summed E-state index contributed by atoms with van der Waals surface area (Å²) < 4.78 is 0. The van der Waals surface area contributed by atoms with Gasteiger partial charge in [-0.2, -0.15) is 0 Å². The van der Waals surface area contributed by atoms with Crippen LogP contribution in [0.25, 0.3) is 0 Å². The van der Waals surface area contributed by atoms with Crippen molar-refractivity contribution in [3.8, 4) is 0 Å². The fourth-order valence-corrected chi connectivity index (χ4v) is 2.06. The molecular weight excluding hydrogens is 238 g/mol. The molecular formula is C16H17NO2. The van der Waals surface area contributed by atoms with Crippen molar-refractivity contribution in [3.05, 3.63) is 66.2 Å². The molecule has 0 spiro atoms. The van der Waals surface area contributed by atoms with E-state index >= 15 is 0 Å². The minimum Gasteiger partial charge on any atom is -0.465 e. The summed E-state index contributed by atoms with van der Waals surface area (Å²) in [5, 5.41) is 9.35. The zero-order valence-electron chi connectivity index (χ0n) is 10.9. The van der Waals surface area contributed by atoms with Gasteiger partial charge in [0.25, 0.3) is 0 Å². The standard InChI is InChI=1S/C16H17NO2/c1-13(14-8-4-2-5-9-14)12-17(16(18)19)15-10-6-3-7-11-15/h2-11,13H,12H2,1H3,(H,18,19). The first-order valence-electron chi connectivity index (χ1n) is 6.29. The number of hydrogen-bond acceptors (Lipinski definition) is 1. The van der Waals surface area contributed by atoms with E-state index in [1.807, 2.05) is 67.6 Å². The van der Waals surface area contributed by atoms with Crippen molar-refractivity contribution in [2.24, 2.45) is 0 Å². The highest BCUT2D eigenvalue weighted by molar-refractivity contribution is 5.86. The van der Waals surface area contributed by atoms with Crippen molar-refractivity contribution in [3.63, 3.8) is 0 Å². The molecule has 0 aromatic heterocycles. The Kier molecular flexibility index (Phi) is 4.18. The van der Waals surface area contributed by atoms with Gasteiger partial charge in [0.1, 0.15) is 0 Å². The van der Waals surface area contributed by atoms with E-state index < -0.39 is 6.09 Å². The maximum atomic E-state index is 11.4. The Balaban J connectivity index is 2.16. The van der Waals surface area contributed by atoms with Crippen LogP contribution in [-0.2, 0) is 0 Å². The number of amides is 1. The molecule has 2 aromatic rings. The van der Waals surface area contributed by atoms with Gasteiger partial charge in [-0.15, -0.1) is 0 Å². The lowest BCUT2D eigenvalue weighted by Gasteiger charge is -2.23. The van der Waals surface area contributed by atoms with Crippen LogP contribution in [0.5, 0.6) is 0 Å². The molecule has 1 unspecified atom stereocenters. The molecule has 2 aromatic carbocycles. The summed E-state index contributed by atoms with van der Waals surface area (Å²) in [7, 11) is 0. The number of anilines is 1. The van der Waals surface area contributed by atoms with Gasteiger partial charge in [-0.3, -0.25) is 4.90 Å². The highest BCUT2D eigenvalue weighted by Gasteiger charge is 2.17. The summed E-state index contributed by atoms with van der Waals surface area (Å²) in [6.45, 7) is 2.48. The Labute approximate surface area is 113 Å². The molecule has 0 radical (unpaired) electrons. The van der Waals surface area contributed by atoms with Crippen LogP contribution in [0.15, 0.2) is 60.7 Å². The molecule has 0 aliphatic heterocycles. The molecule has 3 heteroatoms. The molecule has 3 nitrogen and oxygen atoms in total. The lowest BCUT2D eigenvalue weighted by Crippen LogP contribution is -2.32. The molecule has 19 heavy (non-hydrogen) atoms. The fraction of sp³-hybridized carbons (Fsp3) is 0.188. The first-order valence-corrected chi connectivity index (χ1v) is 6.29. The third-order valence-corrected chi connectivity index (χ3v) is 3.12. The van der Waals surface area contributed by atoms with Crippen LogP contribution in [0.4, 0.5) is 10.5 Å². The molecule has 98 valence electrons. The quantitative estimate of drug-likeness (QED) is 0.897. The average Bonchev–Trinajstić information content (AvgIpc) is 2.46. The van der Waals surface area contributed by atoms with Crippen molar-refractivity contribution < 1.29 is 9.90 Å². The van der Waals surface area contributed by atoms with E-state index in [2.05, 4.69) is 0 Å². The summed E-state index contributed by atoms with van der Waals surface area (Å²) in [5.41, 5.74) is 1.85. The zero-order chi connectivity index (χ0) is 13.7. The summed E-state index contributed by atoms with van der Waals surface area (Å²) in [5.74, 6) is 0.150. The molecule has 2 rings (SSSR count). The number of benzene rings is 2. The lowest BCUT2D eigenvalue weighted by atomic mass is 10.0. The SMILES string of the molecule is CC(CN(C(=O)O)c1ccccc1)c1ccccc1. The third-order valence-electron chi connectivity index (χ3n) is 3.12. The highest BCUT2D eigenvalue weighted by Crippen LogP contribution is 2.21. The maximum Gasteiger partial charge on any atom is 0.411 e. The monoisotopic (exact) mass is 255 g/mol. The molecule has 0 saturated carbocycles. The van der Waals surface area contributed by atoms with E-state index in [4.69, 9.17) is 0 Å². The van der Waals surface area contributed by atoms with Gasteiger partial charge in [-0.05, 0) is 23.6 Å². The molecule has 1 N–H and O–H groups in total. The molecule has 0 heterocycles. The first kappa shape index (κ1) is 13.1. The van der Waals surface area contributed by atoms with Crippen LogP contribution < -0.4 is 4.90 Å². The van der Waals surface area contributed by atoms with Gasteiger partial charge in [-0.25, -0.2) is 4.79 Å². The summed E-state index contributed by atoms with van der Waals surface area (Å²) in [6.07, 6.45) is -0.922. The minimum atomic E-state index is -0.922. The van der Waals surface area contributed by atoms with E-state index in [1.165, 1.54) is 4.90 Å². The second-order valence-electron chi connectivity index (χ2n) is 4.54. The average molecular weight is 255 g/mol. The Hall–Kier alpha value is -2.29. The van der Waals surface area contributed by atoms with E-state index in [0.717, 1.165) is 5.56 Å². The Morgan fingerprint density at radius 1 is 1.05 bits per heavy atom. The predicted octanol–water partition coefficient (Wildman–Crippen LogP) is 3.97. The summed E-state index contributed by atoms with van der Waals surface area (Å²) in [6, 6.07) is 19.1. The topological polar surface area (TPSA) is 40.5 Å². The van der Waals surface area contributed by atoms with E-state index in [1.54, 1.807) is 0 Å². The van der Waals surface area contributed by atoms with Crippen LogP contribution in [0.2, 0.25) is 0 Å². The molecule has 1 amide bonds. The van der Waals surface area contributed by atoms with Gasteiger partial charge in [0.15, 0.2) is 0 Å². The van der Waals surface area contributed by atoms with Gasteiger partial charge in [0.2, 0.25) is 0 Å². The number of carboxylic acid groups (broad SMARTS) is 1. The fourth-order valence-electron chi connectivity index (χ4n) is 2.06. The second kappa shape index (κ2) is 6.05. The van der Waals surface area contributed by atoms with Crippen molar-refractivity contribution in [1.82, 2.24) is 0 Å². The van der Waals surface area contributed by atoms with Crippen LogP contribution in [-0.4, -0.2) is 17.7 Å². The number of carbonyl (C=O) groups is 1. The van der Waals surface area contributed by atoms with Crippen LogP contribution in [0.3, 0.4) is 0 Å². The smallest absolute Gasteiger partial charge is 0.411 e. The van der Waals surface area contributed by atoms with Gasteiger partial charge >= 0.3 is 6.09 Å². The predicted molar refractivity (Wildman–Crippen MR) is 76.7 cm³/mol. The Bertz CT molecular complexity index is 525. The van der Waals surface area contributed by atoms with Crippen molar-refractivity contribution in [1.29, 1.82) is 0 Å². The third kappa shape index (κ3) is 3.35. The van der Waals surface area contributed by atoms with Crippen molar-refractivity contribution >= 4 is 11.8 Å². The van der Waals surface area contributed by atoms with E-state index in [9.17, 15) is 9.90 Å². The zero-order valence-corrected chi connectivity index (χ0v) is 10.9. The molecule has 0 aliphatic rings. The molecule has 1 atom stereocenters. The first-order chi connectivity index (χ1) is 9.18.